The maximum absolute atomic E-state index is 12.7. The number of benzene rings is 1. The molecule has 0 bridgehead atoms. The molecule has 0 aliphatic carbocycles. The molecule has 2 aromatic rings. The Hall–Kier alpha value is -1.89. The number of carbonyl (C=O) groups is 1. The lowest BCUT2D eigenvalue weighted by Crippen LogP contribution is -2.41. The van der Waals surface area contributed by atoms with E-state index in [0.29, 0.717) is 36.5 Å². The van der Waals surface area contributed by atoms with Crippen molar-refractivity contribution in [2.75, 3.05) is 13.1 Å². The first-order chi connectivity index (χ1) is 12.7. The Kier molecular flexibility index (Phi) is 5.89. The SMILES string of the molecule is CC(C)(C)OC(=O)N1CCC(CCn2cnc3ccc(Br)cc3c2=O)CC1. The molecule has 1 aromatic heterocycles. The molecule has 1 saturated heterocycles. The summed E-state index contributed by atoms with van der Waals surface area (Å²) in [5, 5.41) is 0.631. The lowest BCUT2D eigenvalue weighted by Gasteiger charge is -2.33. The van der Waals surface area contributed by atoms with Gasteiger partial charge in [-0.25, -0.2) is 9.78 Å². The molecule has 0 radical (unpaired) electrons. The topological polar surface area (TPSA) is 64.4 Å². The van der Waals surface area contributed by atoms with Crippen LogP contribution in [0.1, 0.15) is 40.0 Å². The van der Waals surface area contributed by atoms with Gasteiger partial charge in [-0.1, -0.05) is 15.9 Å². The Bertz CT molecular complexity index is 880. The first-order valence-corrected chi connectivity index (χ1v) is 10.1. The van der Waals surface area contributed by atoms with Crippen LogP contribution in [0.5, 0.6) is 0 Å². The number of amides is 1. The van der Waals surface area contributed by atoms with Gasteiger partial charge in [0.2, 0.25) is 0 Å². The van der Waals surface area contributed by atoms with E-state index in [1.165, 1.54) is 0 Å². The Morgan fingerprint density at radius 1 is 1.30 bits per heavy atom. The van der Waals surface area contributed by atoms with Gasteiger partial charge in [0, 0.05) is 24.1 Å². The first-order valence-electron chi connectivity index (χ1n) is 9.35. The maximum Gasteiger partial charge on any atom is 0.410 e. The fourth-order valence-corrected chi connectivity index (χ4v) is 3.70. The summed E-state index contributed by atoms with van der Waals surface area (Å²) < 4.78 is 8.00. The second kappa shape index (κ2) is 8.00. The summed E-state index contributed by atoms with van der Waals surface area (Å²) in [5.74, 6) is 0.494. The molecule has 1 aliphatic rings. The third-order valence-electron chi connectivity index (χ3n) is 4.83. The number of carbonyl (C=O) groups excluding carboxylic acids is 1. The molecule has 7 heteroatoms. The second-order valence-electron chi connectivity index (χ2n) is 8.10. The monoisotopic (exact) mass is 435 g/mol. The Morgan fingerprint density at radius 3 is 2.67 bits per heavy atom. The maximum atomic E-state index is 12.7. The van der Waals surface area contributed by atoms with Gasteiger partial charge in [0.1, 0.15) is 5.60 Å². The highest BCUT2D eigenvalue weighted by Crippen LogP contribution is 2.23. The van der Waals surface area contributed by atoms with E-state index in [4.69, 9.17) is 4.74 Å². The van der Waals surface area contributed by atoms with E-state index in [0.717, 1.165) is 23.7 Å². The molecular formula is C20H26BrN3O3. The summed E-state index contributed by atoms with van der Waals surface area (Å²) >= 11 is 3.41. The highest BCUT2D eigenvalue weighted by Gasteiger charge is 2.26. The van der Waals surface area contributed by atoms with Crippen LogP contribution in [0, 0.1) is 5.92 Å². The van der Waals surface area contributed by atoms with Crippen molar-refractivity contribution in [3.63, 3.8) is 0 Å². The summed E-state index contributed by atoms with van der Waals surface area (Å²) in [6.07, 6.45) is 4.17. The van der Waals surface area contributed by atoms with Crippen molar-refractivity contribution in [2.24, 2.45) is 5.92 Å². The van der Waals surface area contributed by atoms with Crippen LogP contribution in [0.2, 0.25) is 0 Å². The lowest BCUT2D eigenvalue weighted by molar-refractivity contribution is 0.0180. The number of nitrogens with zero attached hydrogens (tertiary/aromatic N) is 3. The van der Waals surface area contributed by atoms with Gasteiger partial charge in [-0.05, 0) is 64.2 Å². The Labute approximate surface area is 167 Å². The predicted molar refractivity (Wildman–Crippen MR) is 109 cm³/mol. The second-order valence-corrected chi connectivity index (χ2v) is 9.02. The number of likely N-dealkylation sites (tertiary alicyclic amines) is 1. The third kappa shape index (κ3) is 5.09. The van der Waals surface area contributed by atoms with E-state index in [-0.39, 0.29) is 11.7 Å². The van der Waals surface area contributed by atoms with Crippen LogP contribution < -0.4 is 5.56 Å². The molecule has 2 heterocycles. The summed E-state index contributed by atoms with van der Waals surface area (Å²) in [4.78, 5) is 31.0. The minimum Gasteiger partial charge on any atom is -0.444 e. The standard InChI is InChI=1S/C20H26BrN3O3/c1-20(2,3)27-19(26)23-9-6-14(7-10-23)8-11-24-13-22-17-5-4-15(21)12-16(17)18(24)25/h4-5,12-14H,6-11H2,1-3H3. The molecule has 1 aromatic carbocycles. The highest BCUT2D eigenvalue weighted by molar-refractivity contribution is 9.10. The number of fused-ring (bicyclic) bond motifs is 1. The smallest absolute Gasteiger partial charge is 0.410 e. The van der Waals surface area contributed by atoms with E-state index in [2.05, 4.69) is 20.9 Å². The quantitative estimate of drug-likeness (QED) is 0.724. The van der Waals surface area contributed by atoms with E-state index in [1.54, 1.807) is 15.8 Å². The summed E-state index contributed by atoms with van der Waals surface area (Å²) in [6, 6.07) is 5.55. The van der Waals surface area contributed by atoms with Crippen LogP contribution in [-0.4, -0.2) is 39.2 Å². The number of hydrogen-bond donors (Lipinski definition) is 0. The molecule has 0 saturated carbocycles. The molecule has 1 fully saturated rings. The molecule has 27 heavy (non-hydrogen) atoms. The largest absolute Gasteiger partial charge is 0.444 e. The number of aromatic nitrogens is 2. The molecule has 0 N–H and O–H groups in total. The van der Waals surface area contributed by atoms with Crippen molar-refractivity contribution in [2.45, 2.75) is 52.2 Å². The van der Waals surface area contributed by atoms with Gasteiger partial charge in [0.25, 0.3) is 5.56 Å². The normalized spacial score (nSPS) is 15.9. The first kappa shape index (κ1) is 19.9. The van der Waals surface area contributed by atoms with Gasteiger partial charge in [0.05, 0.1) is 17.2 Å². The van der Waals surface area contributed by atoms with Crippen LogP contribution >= 0.6 is 15.9 Å². The van der Waals surface area contributed by atoms with Gasteiger partial charge < -0.3 is 9.64 Å². The highest BCUT2D eigenvalue weighted by atomic mass is 79.9. The molecule has 6 nitrogen and oxygen atoms in total. The number of rotatable bonds is 3. The zero-order valence-corrected chi connectivity index (χ0v) is 17.7. The van der Waals surface area contributed by atoms with Crippen molar-refractivity contribution in [3.8, 4) is 0 Å². The predicted octanol–water partition coefficient (Wildman–Crippen LogP) is 4.20. The number of hydrogen-bond acceptors (Lipinski definition) is 4. The number of halogens is 1. The van der Waals surface area contributed by atoms with E-state index < -0.39 is 5.60 Å². The molecule has 0 unspecified atom stereocenters. The number of aryl methyl sites for hydroxylation is 1. The summed E-state index contributed by atoms with van der Waals surface area (Å²) in [5.41, 5.74) is 0.241. The zero-order chi connectivity index (χ0) is 19.6. The van der Waals surface area contributed by atoms with Crippen molar-refractivity contribution < 1.29 is 9.53 Å². The molecule has 146 valence electrons. The zero-order valence-electron chi connectivity index (χ0n) is 16.1. The Balaban J connectivity index is 1.56. The molecule has 1 amide bonds. The Morgan fingerprint density at radius 2 is 2.00 bits per heavy atom. The lowest BCUT2D eigenvalue weighted by atomic mass is 9.94. The molecule has 3 rings (SSSR count). The van der Waals surface area contributed by atoms with Crippen molar-refractivity contribution >= 4 is 32.9 Å². The summed E-state index contributed by atoms with van der Waals surface area (Å²) in [7, 11) is 0. The number of ether oxygens (including phenoxy) is 1. The molecule has 0 spiro atoms. The fourth-order valence-electron chi connectivity index (χ4n) is 3.34. The minimum absolute atomic E-state index is 0.00695. The van der Waals surface area contributed by atoms with E-state index >= 15 is 0 Å². The minimum atomic E-state index is -0.465. The van der Waals surface area contributed by atoms with Gasteiger partial charge >= 0.3 is 6.09 Å². The van der Waals surface area contributed by atoms with Crippen LogP contribution in [0.15, 0.2) is 33.8 Å². The molecule has 0 atom stereocenters. The number of piperidine rings is 1. The van der Waals surface area contributed by atoms with Crippen LogP contribution in [0.25, 0.3) is 10.9 Å². The van der Waals surface area contributed by atoms with Crippen molar-refractivity contribution in [3.05, 3.63) is 39.4 Å². The van der Waals surface area contributed by atoms with Gasteiger partial charge in [-0.2, -0.15) is 0 Å². The van der Waals surface area contributed by atoms with Crippen LogP contribution in [0.3, 0.4) is 0 Å². The van der Waals surface area contributed by atoms with Crippen LogP contribution in [0.4, 0.5) is 4.79 Å². The third-order valence-corrected chi connectivity index (χ3v) is 5.32. The fraction of sp³-hybridized carbons (Fsp3) is 0.550. The average molecular weight is 436 g/mol. The average Bonchev–Trinajstić information content (AvgIpc) is 2.60. The van der Waals surface area contributed by atoms with Crippen LogP contribution in [-0.2, 0) is 11.3 Å². The molecular weight excluding hydrogens is 410 g/mol. The summed E-state index contributed by atoms with van der Waals surface area (Å²) in [6.45, 7) is 7.70. The van der Waals surface area contributed by atoms with Gasteiger partial charge in [-0.15, -0.1) is 0 Å². The van der Waals surface area contributed by atoms with E-state index in [9.17, 15) is 9.59 Å². The van der Waals surface area contributed by atoms with Crippen molar-refractivity contribution in [1.82, 2.24) is 14.5 Å². The van der Waals surface area contributed by atoms with E-state index in [1.807, 2.05) is 39.0 Å². The van der Waals surface area contributed by atoms with Gasteiger partial charge in [-0.3, -0.25) is 9.36 Å². The van der Waals surface area contributed by atoms with Crippen molar-refractivity contribution in [1.29, 1.82) is 0 Å². The van der Waals surface area contributed by atoms with Gasteiger partial charge in [0.15, 0.2) is 0 Å². The molecule has 1 aliphatic heterocycles.